The highest BCUT2D eigenvalue weighted by Crippen LogP contribution is 2.19. The molecule has 1 amide bonds. The Bertz CT molecular complexity index is 549. The lowest BCUT2D eigenvalue weighted by Crippen LogP contribution is -2.44. The molecule has 0 spiro atoms. The number of guanidine groups is 1. The molecule has 6 N–H and O–H groups in total. The summed E-state index contributed by atoms with van der Waals surface area (Å²) in [5.41, 5.74) is 8.87. The maximum Gasteiger partial charge on any atom is 0.408 e. The second kappa shape index (κ2) is 9.25. The number of carbonyl (C=O) groups excluding carboxylic acids is 2. The molecule has 0 fully saturated rings. The maximum atomic E-state index is 12.0. The van der Waals surface area contributed by atoms with Gasteiger partial charge < -0.3 is 31.4 Å². The fourth-order valence-electron chi connectivity index (χ4n) is 1.78. The van der Waals surface area contributed by atoms with Crippen LogP contribution in [0.3, 0.4) is 0 Å². The lowest BCUT2D eigenvalue weighted by atomic mass is 10.0. The number of carboxylic acids is 1. The zero-order valence-electron chi connectivity index (χ0n) is 16.2. The Morgan fingerprint density at radius 2 is 1.65 bits per heavy atom. The van der Waals surface area contributed by atoms with E-state index in [1.54, 1.807) is 41.5 Å². The predicted octanol–water partition coefficient (Wildman–Crippen LogP) is 0.728. The summed E-state index contributed by atoms with van der Waals surface area (Å²) in [6.45, 7) is 9.90. The molecule has 0 saturated heterocycles. The van der Waals surface area contributed by atoms with Crippen LogP contribution in [0.4, 0.5) is 4.79 Å². The van der Waals surface area contributed by atoms with E-state index in [0.29, 0.717) is 0 Å². The topological polar surface area (TPSA) is 166 Å². The first kappa shape index (κ1) is 23.5. The molecule has 10 heteroatoms. The molecule has 0 rings (SSSR count). The zero-order valence-corrected chi connectivity index (χ0v) is 16.2. The molecular weight excluding hydrogens is 344 g/mol. The molecule has 0 aromatic carbocycles. The molecule has 0 aromatic rings. The van der Waals surface area contributed by atoms with Crippen molar-refractivity contribution >= 4 is 24.0 Å². The van der Waals surface area contributed by atoms with E-state index in [1.165, 1.54) is 0 Å². The molecule has 0 saturated carbocycles. The Labute approximate surface area is 153 Å². The third-order valence-electron chi connectivity index (χ3n) is 3.35. The summed E-state index contributed by atoms with van der Waals surface area (Å²) in [5, 5.41) is 11.4. The minimum Gasteiger partial charge on any atom is -0.480 e. The number of nitrogens with zero attached hydrogens (tertiary/aromatic N) is 1. The number of aliphatic imine (C=N–C) groups is 1. The summed E-state index contributed by atoms with van der Waals surface area (Å²) in [7, 11) is 0. The standard InChI is InChI=1S/C16H30N4O6/c1-9(19-13(17)18)16(5,6)25-11(21)8-7-10(12(22)23)20-14(24)26-15(2,3)4/h9-10H,7-8H2,1-6H3,(H,20,24)(H,22,23)(H4,17,18,19). The second-order valence-electron chi connectivity index (χ2n) is 7.38. The van der Waals surface area contributed by atoms with Crippen molar-refractivity contribution in [2.75, 3.05) is 0 Å². The summed E-state index contributed by atoms with van der Waals surface area (Å²) in [6.07, 6.45) is -1.25. The molecule has 0 aromatic heterocycles. The molecule has 10 nitrogen and oxygen atoms in total. The minimum absolute atomic E-state index is 0.130. The SMILES string of the molecule is CC(N=C(N)N)C(C)(C)OC(=O)CCC(NC(=O)OC(C)(C)C)C(=O)O. The number of hydrogen-bond donors (Lipinski definition) is 4. The van der Waals surface area contributed by atoms with Gasteiger partial charge in [0.25, 0.3) is 0 Å². The number of carboxylic acid groups (broad SMARTS) is 1. The Kier molecular flexibility index (Phi) is 8.36. The van der Waals surface area contributed by atoms with Crippen molar-refractivity contribution in [3.05, 3.63) is 0 Å². The van der Waals surface area contributed by atoms with Crippen LogP contribution >= 0.6 is 0 Å². The van der Waals surface area contributed by atoms with Crippen LogP contribution < -0.4 is 16.8 Å². The molecule has 2 atom stereocenters. The van der Waals surface area contributed by atoms with Gasteiger partial charge in [0.2, 0.25) is 0 Å². The van der Waals surface area contributed by atoms with Gasteiger partial charge in [-0.3, -0.25) is 4.79 Å². The third-order valence-corrected chi connectivity index (χ3v) is 3.35. The Morgan fingerprint density at radius 3 is 2.08 bits per heavy atom. The highest BCUT2D eigenvalue weighted by atomic mass is 16.6. The van der Waals surface area contributed by atoms with Gasteiger partial charge in [-0.15, -0.1) is 0 Å². The fraction of sp³-hybridized carbons (Fsp3) is 0.750. The molecule has 150 valence electrons. The van der Waals surface area contributed by atoms with Gasteiger partial charge in [0.05, 0.1) is 6.04 Å². The van der Waals surface area contributed by atoms with Crippen LogP contribution in [0.2, 0.25) is 0 Å². The first-order valence-electron chi connectivity index (χ1n) is 8.17. The first-order valence-corrected chi connectivity index (χ1v) is 8.17. The van der Waals surface area contributed by atoms with E-state index in [-0.39, 0.29) is 18.8 Å². The van der Waals surface area contributed by atoms with Gasteiger partial charge in [-0.05, 0) is 48.0 Å². The Balaban J connectivity index is 4.71. The molecule has 0 aliphatic rings. The molecule has 2 unspecified atom stereocenters. The van der Waals surface area contributed by atoms with Crippen LogP contribution in [0, 0.1) is 0 Å². The Morgan fingerprint density at radius 1 is 1.12 bits per heavy atom. The minimum atomic E-state index is -1.28. The van der Waals surface area contributed by atoms with Gasteiger partial charge in [-0.2, -0.15) is 0 Å². The number of amides is 1. The summed E-state index contributed by atoms with van der Waals surface area (Å²) >= 11 is 0. The number of alkyl carbamates (subject to hydrolysis) is 1. The summed E-state index contributed by atoms with van der Waals surface area (Å²) in [6, 6.07) is -1.78. The molecule has 0 bridgehead atoms. The number of esters is 1. The van der Waals surface area contributed by atoms with E-state index in [4.69, 9.17) is 20.9 Å². The van der Waals surface area contributed by atoms with E-state index >= 15 is 0 Å². The van der Waals surface area contributed by atoms with Gasteiger partial charge in [0, 0.05) is 6.42 Å². The number of rotatable bonds is 8. The normalized spacial score (nSPS) is 13.9. The molecule has 0 aliphatic carbocycles. The van der Waals surface area contributed by atoms with Crippen molar-refractivity contribution < 1.29 is 29.0 Å². The van der Waals surface area contributed by atoms with Crippen molar-refractivity contribution in [2.45, 2.75) is 77.7 Å². The predicted molar refractivity (Wildman–Crippen MR) is 95.5 cm³/mol. The lowest BCUT2D eigenvalue weighted by Gasteiger charge is -2.29. The Hall–Kier alpha value is -2.52. The summed E-state index contributed by atoms with van der Waals surface area (Å²) < 4.78 is 10.3. The summed E-state index contributed by atoms with van der Waals surface area (Å²) in [5.74, 6) is -2.05. The summed E-state index contributed by atoms with van der Waals surface area (Å²) in [4.78, 5) is 38.9. The van der Waals surface area contributed by atoms with Crippen LogP contribution in [0.1, 0.15) is 54.4 Å². The van der Waals surface area contributed by atoms with E-state index in [0.717, 1.165) is 0 Å². The molecule has 0 aliphatic heterocycles. The number of nitrogens with one attached hydrogen (secondary N) is 1. The molecule has 0 radical (unpaired) electrons. The highest BCUT2D eigenvalue weighted by molar-refractivity contribution is 5.81. The number of ether oxygens (including phenoxy) is 2. The van der Waals surface area contributed by atoms with Crippen molar-refractivity contribution in [3.8, 4) is 0 Å². The monoisotopic (exact) mass is 374 g/mol. The van der Waals surface area contributed by atoms with Crippen LogP contribution in [0.25, 0.3) is 0 Å². The van der Waals surface area contributed by atoms with Gasteiger partial charge in [0.15, 0.2) is 5.96 Å². The third kappa shape index (κ3) is 9.70. The zero-order chi connectivity index (χ0) is 20.7. The second-order valence-corrected chi connectivity index (χ2v) is 7.38. The largest absolute Gasteiger partial charge is 0.480 e. The van der Waals surface area contributed by atoms with E-state index in [9.17, 15) is 19.5 Å². The quantitative estimate of drug-likeness (QED) is 0.274. The molecule has 0 heterocycles. The number of carbonyl (C=O) groups is 3. The van der Waals surface area contributed by atoms with E-state index < -0.39 is 41.3 Å². The number of aliphatic carboxylic acids is 1. The van der Waals surface area contributed by atoms with Gasteiger partial charge in [0.1, 0.15) is 17.2 Å². The first-order chi connectivity index (χ1) is 11.6. The molecular formula is C16H30N4O6. The van der Waals surface area contributed by atoms with E-state index in [2.05, 4.69) is 10.3 Å². The highest BCUT2D eigenvalue weighted by Gasteiger charge is 2.31. The van der Waals surface area contributed by atoms with Crippen molar-refractivity contribution in [2.24, 2.45) is 16.5 Å². The van der Waals surface area contributed by atoms with Gasteiger partial charge in [-0.1, -0.05) is 0 Å². The average Bonchev–Trinajstić information content (AvgIpc) is 2.39. The fourth-order valence-corrected chi connectivity index (χ4v) is 1.78. The van der Waals surface area contributed by atoms with Crippen molar-refractivity contribution in [3.63, 3.8) is 0 Å². The van der Waals surface area contributed by atoms with E-state index in [1.807, 2.05) is 0 Å². The molecule has 26 heavy (non-hydrogen) atoms. The lowest BCUT2D eigenvalue weighted by molar-refractivity contribution is -0.158. The van der Waals surface area contributed by atoms with Crippen molar-refractivity contribution in [1.29, 1.82) is 0 Å². The van der Waals surface area contributed by atoms with Crippen molar-refractivity contribution in [1.82, 2.24) is 5.32 Å². The number of nitrogens with two attached hydrogens (primary N) is 2. The maximum absolute atomic E-state index is 12.0. The van der Waals surface area contributed by atoms with Crippen LogP contribution in [-0.4, -0.2) is 52.4 Å². The smallest absolute Gasteiger partial charge is 0.408 e. The average molecular weight is 374 g/mol. The number of hydrogen-bond acceptors (Lipinski definition) is 6. The van der Waals surface area contributed by atoms with Gasteiger partial charge in [-0.25, -0.2) is 14.6 Å². The van der Waals surface area contributed by atoms with Gasteiger partial charge >= 0.3 is 18.0 Å². The van der Waals surface area contributed by atoms with Crippen LogP contribution in [0.5, 0.6) is 0 Å². The van der Waals surface area contributed by atoms with Crippen LogP contribution in [-0.2, 0) is 19.1 Å². The van der Waals surface area contributed by atoms with Crippen LogP contribution in [0.15, 0.2) is 4.99 Å².